The maximum atomic E-state index is 12.2. The molecule has 2 fully saturated rings. The largest absolute Gasteiger partial charge is 0.377 e. The second-order valence-corrected chi connectivity index (χ2v) is 7.44. The van der Waals surface area contributed by atoms with E-state index in [1.165, 1.54) is 12.8 Å². The van der Waals surface area contributed by atoms with Crippen molar-refractivity contribution in [3.8, 4) is 0 Å². The predicted octanol–water partition coefficient (Wildman–Crippen LogP) is 1.74. The standard InChI is InChI=1S/C15H22N2O3S/c18-21(19,16-12-14-4-3-11-20-14)15-7-5-13(6-8-15)17-9-1-2-10-17/h5-8,14,16H,1-4,9-12H2. The molecule has 1 aromatic carbocycles. The van der Waals surface area contributed by atoms with Crippen LogP contribution in [-0.2, 0) is 14.8 Å². The molecule has 3 rings (SSSR count). The number of anilines is 1. The van der Waals surface area contributed by atoms with Gasteiger partial charge in [0.2, 0.25) is 10.0 Å². The third-order valence-electron chi connectivity index (χ3n) is 4.14. The van der Waals surface area contributed by atoms with E-state index in [-0.39, 0.29) is 6.10 Å². The number of sulfonamides is 1. The molecule has 2 saturated heterocycles. The van der Waals surface area contributed by atoms with Gasteiger partial charge in [-0.2, -0.15) is 0 Å². The van der Waals surface area contributed by atoms with Crippen molar-refractivity contribution >= 4 is 15.7 Å². The molecule has 0 aliphatic carbocycles. The highest BCUT2D eigenvalue weighted by atomic mass is 32.2. The van der Waals surface area contributed by atoms with Gasteiger partial charge >= 0.3 is 0 Å². The quantitative estimate of drug-likeness (QED) is 0.900. The maximum absolute atomic E-state index is 12.2. The highest BCUT2D eigenvalue weighted by molar-refractivity contribution is 7.89. The zero-order valence-corrected chi connectivity index (χ0v) is 12.9. The monoisotopic (exact) mass is 310 g/mol. The smallest absolute Gasteiger partial charge is 0.240 e. The Morgan fingerprint density at radius 2 is 1.86 bits per heavy atom. The van der Waals surface area contributed by atoms with Crippen LogP contribution < -0.4 is 9.62 Å². The van der Waals surface area contributed by atoms with E-state index in [1.807, 2.05) is 12.1 Å². The second kappa shape index (κ2) is 6.34. The van der Waals surface area contributed by atoms with Crippen molar-refractivity contribution in [2.24, 2.45) is 0 Å². The molecule has 2 aliphatic rings. The Labute approximate surface area is 126 Å². The van der Waals surface area contributed by atoms with Crippen LogP contribution in [0.15, 0.2) is 29.2 Å². The molecule has 0 spiro atoms. The molecule has 0 bridgehead atoms. The summed E-state index contributed by atoms with van der Waals surface area (Å²) >= 11 is 0. The van der Waals surface area contributed by atoms with Crippen molar-refractivity contribution in [1.29, 1.82) is 0 Å². The minimum atomic E-state index is -3.44. The van der Waals surface area contributed by atoms with Crippen molar-refractivity contribution in [2.75, 3.05) is 31.1 Å². The normalized spacial score (nSPS) is 22.9. The number of rotatable bonds is 5. The average molecular weight is 310 g/mol. The van der Waals surface area contributed by atoms with Crippen LogP contribution in [-0.4, -0.2) is 40.8 Å². The number of nitrogens with one attached hydrogen (secondary N) is 1. The summed E-state index contributed by atoms with van der Waals surface area (Å²) in [4.78, 5) is 2.61. The maximum Gasteiger partial charge on any atom is 0.240 e. The molecule has 116 valence electrons. The van der Waals surface area contributed by atoms with Gasteiger partial charge < -0.3 is 9.64 Å². The fourth-order valence-electron chi connectivity index (χ4n) is 2.90. The highest BCUT2D eigenvalue weighted by Gasteiger charge is 2.20. The van der Waals surface area contributed by atoms with Gasteiger partial charge in [0.1, 0.15) is 0 Å². The third-order valence-corrected chi connectivity index (χ3v) is 5.58. The van der Waals surface area contributed by atoms with Gasteiger partial charge in [-0.3, -0.25) is 0 Å². The molecular formula is C15H22N2O3S. The molecule has 2 aliphatic heterocycles. The van der Waals surface area contributed by atoms with Gasteiger partial charge in [0.25, 0.3) is 0 Å². The molecule has 1 unspecified atom stereocenters. The van der Waals surface area contributed by atoms with Crippen LogP contribution in [0.1, 0.15) is 25.7 Å². The van der Waals surface area contributed by atoms with Crippen LogP contribution in [0.25, 0.3) is 0 Å². The molecule has 5 nitrogen and oxygen atoms in total. The van der Waals surface area contributed by atoms with E-state index in [0.29, 0.717) is 11.4 Å². The second-order valence-electron chi connectivity index (χ2n) is 5.67. The average Bonchev–Trinajstić information content (AvgIpc) is 3.19. The summed E-state index contributed by atoms with van der Waals surface area (Å²) < 4.78 is 32.6. The molecular weight excluding hydrogens is 288 g/mol. The van der Waals surface area contributed by atoms with Crippen LogP contribution in [0, 0.1) is 0 Å². The van der Waals surface area contributed by atoms with Gasteiger partial charge in [0, 0.05) is 31.9 Å². The van der Waals surface area contributed by atoms with Crippen LogP contribution in [0.3, 0.4) is 0 Å². The molecule has 1 atom stereocenters. The summed E-state index contributed by atoms with van der Waals surface area (Å²) in [5.74, 6) is 0. The minimum absolute atomic E-state index is 0.0173. The van der Waals surface area contributed by atoms with E-state index in [0.717, 1.165) is 38.2 Å². The van der Waals surface area contributed by atoms with Crippen LogP contribution in [0.2, 0.25) is 0 Å². The summed E-state index contributed by atoms with van der Waals surface area (Å²) in [6.07, 6.45) is 4.38. The Bertz CT molecular complexity index is 559. The lowest BCUT2D eigenvalue weighted by Crippen LogP contribution is -2.31. The van der Waals surface area contributed by atoms with E-state index in [1.54, 1.807) is 12.1 Å². The van der Waals surface area contributed by atoms with E-state index in [9.17, 15) is 8.42 Å². The van der Waals surface area contributed by atoms with Gasteiger partial charge in [-0.1, -0.05) is 0 Å². The fourth-order valence-corrected chi connectivity index (χ4v) is 3.97. The van der Waals surface area contributed by atoms with E-state index >= 15 is 0 Å². The molecule has 0 saturated carbocycles. The van der Waals surface area contributed by atoms with Gasteiger partial charge in [-0.25, -0.2) is 13.1 Å². The highest BCUT2D eigenvalue weighted by Crippen LogP contribution is 2.22. The van der Waals surface area contributed by atoms with Crippen molar-refractivity contribution < 1.29 is 13.2 Å². The zero-order valence-electron chi connectivity index (χ0n) is 12.1. The van der Waals surface area contributed by atoms with Gasteiger partial charge in [0.05, 0.1) is 11.0 Å². The Balaban J connectivity index is 1.64. The summed E-state index contributed by atoms with van der Waals surface area (Å²) in [5, 5.41) is 0. The van der Waals surface area contributed by atoms with Gasteiger partial charge in [-0.05, 0) is 49.9 Å². The SMILES string of the molecule is O=S(=O)(NCC1CCCO1)c1ccc(N2CCCC2)cc1. The molecule has 0 aromatic heterocycles. The lowest BCUT2D eigenvalue weighted by molar-refractivity contribution is 0.114. The fraction of sp³-hybridized carbons (Fsp3) is 0.600. The number of hydrogen-bond donors (Lipinski definition) is 1. The molecule has 1 aromatic rings. The number of ether oxygens (including phenoxy) is 1. The molecule has 0 amide bonds. The number of hydrogen-bond acceptors (Lipinski definition) is 4. The Morgan fingerprint density at radius 1 is 1.14 bits per heavy atom. The van der Waals surface area contributed by atoms with Crippen LogP contribution in [0.4, 0.5) is 5.69 Å². The molecule has 0 radical (unpaired) electrons. The van der Waals surface area contributed by atoms with Crippen LogP contribution in [0.5, 0.6) is 0 Å². The Kier molecular flexibility index (Phi) is 4.47. The Morgan fingerprint density at radius 3 is 2.48 bits per heavy atom. The number of nitrogens with zero attached hydrogens (tertiary/aromatic N) is 1. The van der Waals surface area contributed by atoms with Crippen molar-refractivity contribution in [1.82, 2.24) is 4.72 Å². The summed E-state index contributed by atoms with van der Waals surface area (Å²) in [7, 11) is -3.44. The summed E-state index contributed by atoms with van der Waals surface area (Å²) in [6, 6.07) is 7.16. The van der Waals surface area contributed by atoms with E-state index < -0.39 is 10.0 Å². The number of benzene rings is 1. The third kappa shape index (κ3) is 3.56. The lowest BCUT2D eigenvalue weighted by atomic mass is 10.2. The summed E-state index contributed by atoms with van der Waals surface area (Å²) in [5.41, 5.74) is 1.10. The first-order chi connectivity index (χ1) is 10.1. The lowest BCUT2D eigenvalue weighted by Gasteiger charge is -2.18. The first-order valence-electron chi connectivity index (χ1n) is 7.61. The van der Waals surface area contributed by atoms with Crippen LogP contribution >= 0.6 is 0 Å². The first kappa shape index (κ1) is 14.8. The van der Waals surface area contributed by atoms with Gasteiger partial charge in [-0.15, -0.1) is 0 Å². The molecule has 21 heavy (non-hydrogen) atoms. The predicted molar refractivity (Wildman–Crippen MR) is 82.1 cm³/mol. The minimum Gasteiger partial charge on any atom is -0.377 e. The molecule has 2 heterocycles. The van der Waals surface area contributed by atoms with Gasteiger partial charge in [0.15, 0.2) is 0 Å². The summed E-state index contributed by atoms with van der Waals surface area (Å²) in [6.45, 7) is 3.21. The zero-order chi connectivity index (χ0) is 14.7. The first-order valence-corrected chi connectivity index (χ1v) is 9.10. The molecule has 1 N–H and O–H groups in total. The van der Waals surface area contributed by atoms with E-state index in [4.69, 9.17) is 4.74 Å². The van der Waals surface area contributed by atoms with Crippen molar-refractivity contribution in [2.45, 2.75) is 36.7 Å². The van der Waals surface area contributed by atoms with E-state index in [2.05, 4.69) is 9.62 Å². The van der Waals surface area contributed by atoms with Crippen molar-refractivity contribution in [3.05, 3.63) is 24.3 Å². The Hall–Kier alpha value is -1.11. The molecule has 6 heteroatoms. The van der Waals surface area contributed by atoms with Crippen molar-refractivity contribution in [3.63, 3.8) is 0 Å². The topological polar surface area (TPSA) is 58.6 Å².